The Labute approximate surface area is 110 Å². The lowest BCUT2D eigenvalue weighted by atomic mass is 10.1. The van der Waals surface area contributed by atoms with E-state index in [0.29, 0.717) is 11.4 Å². The van der Waals surface area contributed by atoms with Crippen molar-refractivity contribution in [2.45, 2.75) is 6.10 Å². The summed E-state index contributed by atoms with van der Waals surface area (Å²) in [6.07, 6.45) is 0.535. The third-order valence-corrected chi connectivity index (χ3v) is 2.66. The SMILES string of the molecule is N#Cc1cccnc1NCC(O)c1ccccc1F. The zero-order valence-corrected chi connectivity index (χ0v) is 10.0. The Hall–Kier alpha value is -2.45. The average molecular weight is 257 g/mol. The Morgan fingerprint density at radius 3 is 2.84 bits per heavy atom. The van der Waals surface area contributed by atoms with Crippen LogP contribution in [-0.4, -0.2) is 16.6 Å². The largest absolute Gasteiger partial charge is 0.386 e. The Morgan fingerprint density at radius 2 is 2.11 bits per heavy atom. The fraction of sp³-hybridized carbons (Fsp3) is 0.143. The van der Waals surface area contributed by atoms with Crippen molar-refractivity contribution in [3.8, 4) is 6.07 Å². The van der Waals surface area contributed by atoms with Gasteiger partial charge in [0.05, 0.1) is 11.7 Å². The normalized spacial score (nSPS) is 11.6. The second-order valence-corrected chi connectivity index (χ2v) is 3.93. The van der Waals surface area contributed by atoms with Crippen LogP contribution in [0, 0.1) is 17.1 Å². The summed E-state index contributed by atoms with van der Waals surface area (Å²) in [5.41, 5.74) is 0.590. The van der Waals surface area contributed by atoms with E-state index in [1.807, 2.05) is 6.07 Å². The minimum absolute atomic E-state index is 0.0760. The van der Waals surface area contributed by atoms with Gasteiger partial charge in [-0.3, -0.25) is 0 Å². The molecular formula is C14H12FN3O. The van der Waals surface area contributed by atoms with Gasteiger partial charge in [0.25, 0.3) is 0 Å². The van der Waals surface area contributed by atoms with Crippen molar-refractivity contribution in [3.63, 3.8) is 0 Å². The van der Waals surface area contributed by atoms with Crippen LogP contribution >= 0.6 is 0 Å². The molecule has 1 aromatic carbocycles. The lowest BCUT2D eigenvalue weighted by molar-refractivity contribution is 0.186. The number of hydrogen-bond acceptors (Lipinski definition) is 4. The molecule has 0 spiro atoms. The maximum Gasteiger partial charge on any atom is 0.143 e. The second kappa shape index (κ2) is 5.94. The van der Waals surface area contributed by atoms with E-state index < -0.39 is 11.9 Å². The number of hydrogen-bond donors (Lipinski definition) is 2. The van der Waals surface area contributed by atoms with Crippen LogP contribution in [0.4, 0.5) is 10.2 Å². The van der Waals surface area contributed by atoms with Crippen molar-refractivity contribution in [1.29, 1.82) is 5.26 Å². The number of benzene rings is 1. The highest BCUT2D eigenvalue weighted by Crippen LogP contribution is 2.18. The van der Waals surface area contributed by atoms with Crippen LogP contribution in [0.1, 0.15) is 17.2 Å². The molecular weight excluding hydrogens is 245 g/mol. The zero-order valence-electron chi connectivity index (χ0n) is 10.0. The van der Waals surface area contributed by atoms with Crippen LogP contribution < -0.4 is 5.32 Å². The number of pyridine rings is 1. The fourth-order valence-electron chi connectivity index (χ4n) is 1.69. The van der Waals surface area contributed by atoms with Gasteiger partial charge in [0.2, 0.25) is 0 Å². The molecule has 1 unspecified atom stereocenters. The van der Waals surface area contributed by atoms with Crippen LogP contribution in [0.5, 0.6) is 0 Å². The van der Waals surface area contributed by atoms with E-state index in [1.54, 1.807) is 30.5 Å². The first-order valence-electron chi connectivity index (χ1n) is 5.74. The van der Waals surface area contributed by atoms with E-state index in [-0.39, 0.29) is 12.1 Å². The highest BCUT2D eigenvalue weighted by molar-refractivity contribution is 5.51. The van der Waals surface area contributed by atoms with Crippen LogP contribution in [-0.2, 0) is 0 Å². The molecule has 0 saturated heterocycles. The van der Waals surface area contributed by atoms with E-state index in [1.165, 1.54) is 12.1 Å². The fourth-order valence-corrected chi connectivity index (χ4v) is 1.69. The summed E-state index contributed by atoms with van der Waals surface area (Å²) in [7, 11) is 0. The van der Waals surface area contributed by atoms with E-state index in [4.69, 9.17) is 5.26 Å². The molecule has 1 heterocycles. The van der Waals surface area contributed by atoms with Crippen LogP contribution in [0.15, 0.2) is 42.6 Å². The second-order valence-electron chi connectivity index (χ2n) is 3.93. The highest BCUT2D eigenvalue weighted by Gasteiger charge is 2.12. The Morgan fingerprint density at radius 1 is 1.32 bits per heavy atom. The minimum Gasteiger partial charge on any atom is -0.386 e. The van der Waals surface area contributed by atoms with E-state index in [0.717, 1.165) is 0 Å². The van der Waals surface area contributed by atoms with E-state index in [9.17, 15) is 9.50 Å². The summed E-state index contributed by atoms with van der Waals surface area (Å²) in [4.78, 5) is 4.00. The molecule has 19 heavy (non-hydrogen) atoms. The molecule has 2 N–H and O–H groups in total. The van der Waals surface area contributed by atoms with Crippen LogP contribution in [0.3, 0.4) is 0 Å². The minimum atomic E-state index is -1.00. The van der Waals surface area contributed by atoms with Crippen molar-refractivity contribution >= 4 is 5.82 Å². The number of nitrogens with zero attached hydrogens (tertiary/aromatic N) is 2. The van der Waals surface area contributed by atoms with Crippen molar-refractivity contribution < 1.29 is 9.50 Å². The van der Waals surface area contributed by atoms with Crippen molar-refractivity contribution in [2.75, 3.05) is 11.9 Å². The van der Waals surface area contributed by atoms with Gasteiger partial charge in [-0.15, -0.1) is 0 Å². The van der Waals surface area contributed by atoms with Gasteiger partial charge >= 0.3 is 0 Å². The highest BCUT2D eigenvalue weighted by atomic mass is 19.1. The summed E-state index contributed by atoms with van der Waals surface area (Å²) >= 11 is 0. The van der Waals surface area contributed by atoms with Crippen LogP contribution in [0.25, 0.3) is 0 Å². The Balaban J connectivity index is 2.07. The molecule has 2 aromatic rings. The predicted octanol–water partition coefficient (Wildman–Crippen LogP) is 2.24. The van der Waals surface area contributed by atoms with Crippen LogP contribution in [0.2, 0.25) is 0 Å². The molecule has 0 fully saturated rings. The molecule has 0 aliphatic heterocycles. The standard InChI is InChI=1S/C14H12FN3O/c15-12-6-2-1-5-11(12)13(19)9-18-14-10(8-16)4-3-7-17-14/h1-7,13,19H,9H2,(H,17,18). The van der Waals surface area contributed by atoms with Crippen molar-refractivity contribution in [3.05, 3.63) is 59.5 Å². The molecule has 0 aliphatic rings. The number of nitriles is 1. The summed E-state index contributed by atoms with van der Waals surface area (Å²) in [5, 5.41) is 21.6. The maximum absolute atomic E-state index is 13.5. The van der Waals surface area contributed by atoms with E-state index in [2.05, 4.69) is 10.3 Å². The molecule has 0 radical (unpaired) electrons. The van der Waals surface area contributed by atoms with Gasteiger partial charge in [0.15, 0.2) is 0 Å². The molecule has 0 amide bonds. The Bertz CT molecular complexity index is 610. The topological polar surface area (TPSA) is 68.9 Å². The number of halogens is 1. The predicted molar refractivity (Wildman–Crippen MR) is 68.8 cm³/mol. The number of aromatic nitrogens is 1. The van der Waals surface area contributed by atoms with Crippen molar-refractivity contribution in [1.82, 2.24) is 4.98 Å². The molecule has 4 nitrogen and oxygen atoms in total. The first-order valence-corrected chi connectivity index (χ1v) is 5.74. The summed E-state index contributed by atoms with van der Waals surface area (Å²) in [6.45, 7) is 0.0760. The number of aliphatic hydroxyl groups is 1. The van der Waals surface area contributed by atoms with Gasteiger partial charge in [-0.2, -0.15) is 5.26 Å². The number of anilines is 1. The van der Waals surface area contributed by atoms with Crippen molar-refractivity contribution in [2.24, 2.45) is 0 Å². The van der Waals surface area contributed by atoms with E-state index >= 15 is 0 Å². The van der Waals surface area contributed by atoms with Gasteiger partial charge in [0, 0.05) is 18.3 Å². The first kappa shape index (κ1) is 13.0. The molecule has 0 saturated carbocycles. The number of aliphatic hydroxyl groups excluding tert-OH is 1. The summed E-state index contributed by atoms with van der Waals surface area (Å²) in [6, 6.07) is 11.3. The monoisotopic (exact) mass is 257 g/mol. The smallest absolute Gasteiger partial charge is 0.143 e. The molecule has 0 bridgehead atoms. The zero-order chi connectivity index (χ0) is 13.7. The third kappa shape index (κ3) is 3.06. The number of nitrogens with one attached hydrogen (secondary N) is 1. The van der Waals surface area contributed by atoms with Gasteiger partial charge < -0.3 is 10.4 Å². The van der Waals surface area contributed by atoms with Gasteiger partial charge in [-0.25, -0.2) is 9.37 Å². The molecule has 5 heteroatoms. The molecule has 1 atom stereocenters. The van der Waals surface area contributed by atoms with Gasteiger partial charge in [-0.05, 0) is 18.2 Å². The van der Waals surface area contributed by atoms with Gasteiger partial charge in [-0.1, -0.05) is 18.2 Å². The average Bonchev–Trinajstić information content (AvgIpc) is 2.45. The lowest BCUT2D eigenvalue weighted by Crippen LogP contribution is -2.14. The first-order chi connectivity index (χ1) is 9.22. The van der Waals surface area contributed by atoms with Gasteiger partial charge in [0.1, 0.15) is 17.7 Å². The summed E-state index contributed by atoms with van der Waals surface area (Å²) < 4.78 is 13.5. The number of rotatable bonds is 4. The maximum atomic E-state index is 13.5. The molecule has 0 aliphatic carbocycles. The summed E-state index contributed by atoms with van der Waals surface area (Å²) in [5.74, 6) is -0.0845. The quantitative estimate of drug-likeness (QED) is 0.881. The third-order valence-electron chi connectivity index (χ3n) is 2.66. The lowest BCUT2D eigenvalue weighted by Gasteiger charge is -2.13. The molecule has 2 rings (SSSR count). The Kier molecular flexibility index (Phi) is 4.06. The molecule has 1 aromatic heterocycles. The molecule has 96 valence electrons.